The molecule has 0 saturated carbocycles. The molecule has 2 heterocycles. The minimum Gasteiger partial charge on any atom is -0.457 e. The number of rotatable bonds is 4. The summed E-state index contributed by atoms with van der Waals surface area (Å²) in [4.78, 5) is 2.53. The zero-order valence-corrected chi connectivity index (χ0v) is 34.6. The molecule has 1 aromatic heterocycles. The Labute approximate surface area is 359 Å². The SMILES string of the molecule is CC1(C)c2ccccc2-c2cc(N(c3ccccc3-c3ccccc3)c3cccc4sc5cc6c(cc5c34)-c3ccccc3C63c4ccccc4Oc4ccccc43)ccc21. The lowest BCUT2D eigenvalue weighted by molar-refractivity contribution is 0.436. The van der Waals surface area contributed by atoms with Gasteiger partial charge in [0.05, 0.1) is 16.8 Å². The van der Waals surface area contributed by atoms with E-state index in [2.05, 4.69) is 219 Å². The smallest absolute Gasteiger partial charge is 0.132 e. The van der Waals surface area contributed by atoms with Crippen molar-refractivity contribution >= 4 is 48.6 Å². The van der Waals surface area contributed by atoms with E-state index < -0.39 is 5.41 Å². The molecule has 0 saturated heterocycles. The molecule has 0 atom stereocenters. The summed E-state index contributed by atoms with van der Waals surface area (Å²) in [6.07, 6.45) is 0. The lowest BCUT2D eigenvalue weighted by Gasteiger charge is -2.39. The number of fused-ring (bicyclic) bond motifs is 15. The molecule has 288 valence electrons. The Morgan fingerprint density at radius 3 is 1.74 bits per heavy atom. The molecule has 0 bridgehead atoms. The molecule has 0 N–H and O–H groups in total. The van der Waals surface area contributed by atoms with Gasteiger partial charge in [-0.3, -0.25) is 0 Å². The Hall–Kier alpha value is -7.20. The molecule has 0 unspecified atom stereocenters. The van der Waals surface area contributed by atoms with Crippen molar-refractivity contribution in [2.45, 2.75) is 24.7 Å². The van der Waals surface area contributed by atoms with Gasteiger partial charge in [-0.05, 0) is 105 Å². The lowest BCUT2D eigenvalue weighted by atomic mass is 9.66. The molecule has 3 aliphatic rings. The van der Waals surface area contributed by atoms with Crippen LogP contribution in [-0.4, -0.2) is 0 Å². The van der Waals surface area contributed by atoms with Gasteiger partial charge in [-0.2, -0.15) is 0 Å². The average Bonchev–Trinajstić information content (AvgIpc) is 3.90. The van der Waals surface area contributed by atoms with Crippen LogP contribution in [0.5, 0.6) is 11.5 Å². The molecule has 1 aliphatic heterocycles. The Balaban J connectivity index is 1.10. The van der Waals surface area contributed by atoms with Crippen LogP contribution < -0.4 is 9.64 Å². The van der Waals surface area contributed by atoms with Gasteiger partial charge in [0.15, 0.2) is 0 Å². The van der Waals surface area contributed by atoms with Crippen molar-refractivity contribution < 1.29 is 4.74 Å². The minimum atomic E-state index is -0.514. The van der Waals surface area contributed by atoms with E-state index in [1.54, 1.807) is 0 Å². The van der Waals surface area contributed by atoms with Gasteiger partial charge in [0.2, 0.25) is 0 Å². The van der Waals surface area contributed by atoms with Gasteiger partial charge in [-0.15, -0.1) is 11.3 Å². The van der Waals surface area contributed by atoms with Crippen LogP contribution in [0.25, 0.3) is 53.6 Å². The van der Waals surface area contributed by atoms with Gasteiger partial charge in [-0.25, -0.2) is 0 Å². The van der Waals surface area contributed by atoms with Crippen LogP contribution in [0.2, 0.25) is 0 Å². The number of hydrogen-bond donors (Lipinski definition) is 0. The highest BCUT2D eigenvalue weighted by Gasteiger charge is 2.51. The quantitative estimate of drug-likeness (QED) is 0.176. The van der Waals surface area contributed by atoms with E-state index in [4.69, 9.17) is 4.74 Å². The number of anilines is 3. The van der Waals surface area contributed by atoms with Crippen molar-refractivity contribution in [3.05, 3.63) is 234 Å². The Bertz CT molecular complexity index is 3400. The second-order valence-corrected chi connectivity index (χ2v) is 18.2. The Morgan fingerprint density at radius 1 is 0.410 bits per heavy atom. The van der Waals surface area contributed by atoms with Crippen molar-refractivity contribution in [3.63, 3.8) is 0 Å². The summed E-state index contributed by atoms with van der Waals surface area (Å²) < 4.78 is 9.19. The molecule has 0 fully saturated rings. The highest BCUT2D eigenvalue weighted by molar-refractivity contribution is 7.26. The Kier molecular flexibility index (Phi) is 7.19. The van der Waals surface area contributed by atoms with E-state index in [0.29, 0.717) is 0 Å². The number of para-hydroxylation sites is 3. The fourth-order valence-corrected chi connectivity index (χ4v) is 12.3. The van der Waals surface area contributed by atoms with Gasteiger partial charge < -0.3 is 9.64 Å². The molecule has 1 spiro atoms. The van der Waals surface area contributed by atoms with Crippen molar-refractivity contribution in [1.82, 2.24) is 0 Å². The first kappa shape index (κ1) is 34.6. The largest absolute Gasteiger partial charge is 0.457 e. The molecule has 2 aliphatic carbocycles. The maximum Gasteiger partial charge on any atom is 0.132 e. The van der Waals surface area contributed by atoms with Crippen molar-refractivity contribution in [2.24, 2.45) is 0 Å². The van der Waals surface area contributed by atoms with E-state index in [0.717, 1.165) is 22.9 Å². The van der Waals surface area contributed by atoms with Crippen LogP contribution in [0.4, 0.5) is 17.1 Å². The van der Waals surface area contributed by atoms with E-state index in [1.807, 2.05) is 11.3 Å². The zero-order valence-electron chi connectivity index (χ0n) is 33.8. The van der Waals surface area contributed by atoms with E-state index in [1.165, 1.54) is 92.6 Å². The highest BCUT2D eigenvalue weighted by atomic mass is 32.1. The number of nitrogens with zero attached hydrogens (tertiary/aromatic N) is 1. The molecule has 13 rings (SSSR count). The Morgan fingerprint density at radius 2 is 0.984 bits per heavy atom. The highest BCUT2D eigenvalue weighted by Crippen LogP contribution is 2.63. The van der Waals surface area contributed by atoms with Crippen molar-refractivity contribution in [3.8, 4) is 44.9 Å². The molecular formula is C58H39NOS. The zero-order chi connectivity index (χ0) is 40.5. The first-order valence-electron chi connectivity index (χ1n) is 21.2. The number of thiophene rings is 1. The average molecular weight is 798 g/mol. The fraction of sp³-hybridized carbons (Fsp3) is 0.0690. The molecule has 9 aromatic carbocycles. The van der Waals surface area contributed by atoms with Crippen LogP contribution in [-0.2, 0) is 10.8 Å². The summed E-state index contributed by atoms with van der Waals surface area (Å²) in [5.74, 6) is 1.83. The fourth-order valence-electron chi connectivity index (χ4n) is 11.1. The summed E-state index contributed by atoms with van der Waals surface area (Å²) in [6.45, 7) is 4.71. The maximum absolute atomic E-state index is 6.65. The summed E-state index contributed by atoms with van der Waals surface area (Å²) in [7, 11) is 0. The van der Waals surface area contributed by atoms with E-state index >= 15 is 0 Å². The van der Waals surface area contributed by atoms with Crippen LogP contribution in [0, 0.1) is 0 Å². The molecule has 3 heteroatoms. The summed E-state index contributed by atoms with van der Waals surface area (Å²) in [6, 6.07) is 74.0. The number of hydrogen-bond acceptors (Lipinski definition) is 3. The third kappa shape index (κ3) is 4.67. The van der Waals surface area contributed by atoms with E-state index in [-0.39, 0.29) is 5.41 Å². The van der Waals surface area contributed by atoms with E-state index in [9.17, 15) is 0 Å². The first-order chi connectivity index (χ1) is 30.0. The lowest BCUT2D eigenvalue weighted by Crippen LogP contribution is -2.32. The van der Waals surface area contributed by atoms with Gasteiger partial charge in [0.25, 0.3) is 0 Å². The molecular weight excluding hydrogens is 759 g/mol. The predicted octanol–water partition coefficient (Wildman–Crippen LogP) is 16.0. The molecule has 10 aromatic rings. The van der Waals surface area contributed by atoms with Gasteiger partial charge in [-0.1, -0.05) is 159 Å². The monoisotopic (exact) mass is 797 g/mol. The molecule has 0 radical (unpaired) electrons. The maximum atomic E-state index is 6.65. The van der Waals surface area contributed by atoms with Crippen LogP contribution >= 0.6 is 11.3 Å². The molecule has 2 nitrogen and oxygen atoms in total. The molecule has 61 heavy (non-hydrogen) atoms. The topological polar surface area (TPSA) is 12.5 Å². The summed E-state index contributed by atoms with van der Waals surface area (Å²) >= 11 is 1.89. The minimum absolute atomic E-state index is 0.0830. The normalized spacial score (nSPS) is 14.5. The summed E-state index contributed by atoms with van der Waals surface area (Å²) in [5.41, 5.74) is 18.1. The number of ether oxygens (including phenoxy) is 1. The van der Waals surface area contributed by atoms with Crippen LogP contribution in [0.3, 0.4) is 0 Å². The predicted molar refractivity (Wildman–Crippen MR) is 254 cm³/mol. The van der Waals surface area contributed by atoms with Crippen molar-refractivity contribution in [1.29, 1.82) is 0 Å². The standard InChI is InChI=1S/C58H39NOS/c1-57(2)44-22-9-6-20-39(44)41-33-37(31-32-45(41)57)59(50-26-13-8-19-38(50)36-17-4-3-5-18-36)51-27-16-30-54-56(51)43-34-42-40-21-7-10-23-46(40)58(49(42)35-55(43)61-54)47-24-11-14-28-52(47)60-53-29-15-12-25-48(53)58/h3-35H,1-2H3. The van der Waals surface area contributed by atoms with Crippen LogP contribution in [0.1, 0.15) is 47.2 Å². The first-order valence-corrected chi connectivity index (χ1v) is 22.0. The third-order valence-electron chi connectivity index (χ3n) is 13.7. The molecule has 0 amide bonds. The van der Waals surface area contributed by atoms with Crippen LogP contribution in [0.15, 0.2) is 200 Å². The number of benzene rings is 9. The van der Waals surface area contributed by atoms with Gasteiger partial charge >= 0.3 is 0 Å². The second-order valence-electron chi connectivity index (χ2n) is 17.2. The summed E-state index contributed by atoms with van der Waals surface area (Å²) in [5, 5.41) is 2.53. The third-order valence-corrected chi connectivity index (χ3v) is 14.9. The van der Waals surface area contributed by atoms with Crippen molar-refractivity contribution in [2.75, 3.05) is 4.90 Å². The van der Waals surface area contributed by atoms with Gasteiger partial charge in [0, 0.05) is 48.0 Å². The second kappa shape index (κ2) is 12.7. The van der Waals surface area contributed by atoms with Gasteiger partial charge in [0.1, 0.15) is 11.5 Å².